The largest absolute Gasteiger partial charge is 0.496 e. The number of hydrogen-bond donors (Lipinski definition) is 0. The average molecular weight is 550 g/mol. The lowest BCUT2D eigenvalue weighted by Gasteiger charge is -2.06. The first-order chi connectivity index (χ1) is 19.5. The molecule has 200 valence electrons. The molecule has 6 rings (SSSR count). The van der Waals surface area contributed by atoms with Gasteiger partial charge in [0.05, 0.1) is 23.9 Å². The van der Waals surface area contributed by atoms with E-state index in [4.69, 9.17) is 14.6 Å². The van der Waals surface area contributed by atoms with Gasteiger partial charge in [0.1, 0.15) is 17.2 Å². The van der Waals surface area contributed by atoms with Crippen molar-refractivity contribution in [3.63, 3.8) is 0 Å². The predicted octanol–water partition coefficient (Wildman–Crippen LogP) is 5.32. The van der Waals surface area contributed by atoms with Gasteiger partial charge in [0.15, 0.2) is 5.82 Å². The van der Waals surface area contributed by atoms with Crippen LogP contribution in [0.4, 0.5) is 0 Å². The molecule has 0 amide bonds. The zero-order valence-corrected chi connectivity index (χ0v) is 23.2. The number of methoxy groups -OCH3 is 1. The van der Waals surface area contributed by atoms with Gasteiger partial charge in [-0.15, -0.1) is 5.10 Å². The van der Waals surface area contributed by atoms with Gasteiger partial charge in [0, 0.05) is 22.9 Å². The van der Waals surface area contributed by atoms with Crippen LogP contribution >= 0.6 is 11.3 Å². The molecule has 0 radical (unpaired) electrons. The molecule has 3 aromatic carbocycles. The van der Waals surface area contributed by atoms with E-state index >= 15 is 0 Å². The number of thiazole rings is 1. The lowest BCUT2D eigenvalue weighted by atomic mass is 10.0. The second-order valence-electron chi connectivity index (χ2n) is 9.32. The maximum absolute atomic E-state index is 13.4. The van der Waals surface area contributed by atoms with E-state index in [2.05, 4.69) is 17.0 Å². The molecule has 6 aromatic rings. The first-order valence-corrected chi connectivity index (χ1v) is 13.8. The van der Waals surface area contributed by atoms with E-state index in [-0.39, 0.29) is 5.56 Å². The Balaban J connectivity index is 1.41. The summed E-state index contributed by atoms with van der Waals surface area (Å²) in [5.41, 5.74) is 5.05. The Morgan fingerprint density at radius 1 is 0.975 bits per heavy atom. The van der Waals surface area contributed by atoms with Crippen molar-refractivity contribution < 1.29 is 9.47 Å². The van der Waals surface area contributed by atoms with Crippen LogP contribution in [0, 0.1) is 6.92 Å². The average Bonchev–Trinajstić information content (AvgIpc) is 3.67. The Morgan fingerprint density at radius 3 is 2.45 bits per heavy atom. The minimum absolute atomic E-state index is 0.217. The van der Waals surface area contributed by atoms with Crippen LogP contribution in [-0.2, 0) is 0 Å². The number of benzene rings is 3. The van der Waals surface area contributed by atoms with Crippen LogP contribution in [0.25, 0.3) is 39.4 Å². The van der Waals surface area contributed by atoms with Gasteiger partial charge in [-0.05, 0) is 79.6 Å². The molecule has 40 heavy (non-hydrogen) atoms. The summed E-state index contributed by atoms with van der Waals surface area (Å²) in [4.78, 5) is 18.6. The standard InChI is InChI=1S/C31H27N5O3S/c1-4-16-39-25-13-10-21(11-14-25)29-32-31-36(34-29)30(37)27(40-31)18-23-19-35(24-8-6-5-7-9-24)33-28(23)22-12-15-26(38-3)20(2)17-22/h5-15,17-19H,4,16H2,1-3H3. The van der Waals surface area contributed by atoms with Gasteiger partial charge in [-0.25, -0.2) is 4.68 Å². The van der Waals surface area contributed by atoms with Crippen molar-refractivity contribution in [2.24, 2.45) is 0 Å². The van der Waals surface area contributed by atoms with E-state index in [1.807, 2.05) is 96.7 Å². The van der Waals surface area contributed by atoms with Crippen molar-refractivity contribution in [3.05, 3.63) is 105 Å². The number of aromatic nitrogens is 5. The number of fused-ring (bicyclic) bond motifs is 1. The fourth-order valence-corrected chi connectivity index (χ4v) is 5.37. The Hall–Kier alpha value is -4.76. The van der Waals surface area contributed by atoms with Crippen LogP contribution in [0.1, 0.15) is 24.5 Å². The van der Waals surface area contributed by atoms with E-state index in [1.165, 1.54) is 15.9 Å². The Morgan fingerprint density at radius 2 is 1.75 bits per heavy atom. The molecule has 3 heterocycles. The minimum Gasteiger partial charge on any atom is -0.496 e. The second-order valence-corrected chi connectivity index (χ2v) is 10.3. The summed E-state index contributed by atoms with van der Waals surface area (Å²) in [6.07, 6.45) is 4.75. The van der Waals surface area contributed by atoms with E-state index in [9.17, 15) is 4.79 Å². The van der Waals surface area contributed by atoms with Crippen LogP contribution in [-0.4, -0.2) is 38.1 Å². The highest BCUT2D eigenvalue weighted by atomic mass is 32.1. The lowest BCUT2D eigenvalue weighted by molar-refractivity contribution is 0.317. The van der Waals surface area contributed by atoms with Gasteiger partial charge in [-0.1, -0.05) is 36.5 Å². The summed E-state index contributed by atoms with van der Waals surface area (Å²) in [5, 5.41) is 9.40. The molecule has 0 aliphatic rings. The van der Waals surface area contributed by atoms with Gasteiger partial charge in [-0.3, -0.25) is 4.79 Å². The molecule has 0 aliphatic carbocycles. The van der Waals surface area contributed by atoms with Crippen LogP contribution in [0.5, 0.6) is 11.5 Å². The molecule has 0 saturated carbocycles. The fraction of sp³-hybridized carbons (Fsp3) is 0.161. The summed E-state index contributed by atoms with van der Waals surface area (Å²) in [7, 11) is 1.66. The molecule has 8 nitrogen and oxygen atoms in total. The van der Waals surface area contributed by atoms with Gasteiger partial charge in [0.25, 0.3) is 5.56 Å². The van der Waals surface area contributed by atoms with E-state index in [0.29, 0.717) is 21.9 Å². The van der Waals surface area contributed by atoms with Gasteiger partial charge in [-0.2, -0.15) is 14.6 Å². The van der Waals surface area contributed by atoms with Crippen LogP contribution in [0.15, 0.2) is 83.8 Å². The van der Waals surface area contributed by atoms with Crippen LogP contribution in [0.2, 0.25) is 0 Å². The molecule has 0 saturated heterocycles. The van der Waals surface area contributed by atoms with Crippen molar-refractivity contribution in [2.75, 3.05) is 13.7 Å². The van der Waals surface area contributed by atoms with Gasteiger partial charge < -0.3 is 9.47 Å². The fourth-order valence-electron chi connectivity index (χ4n) is 4.47. The molecule has 0 N–H and O–H groups in total. The molecule has 3 aromatic heterocycles. The highest BCUT2D eigenvalue weighted by molar-refractivity contribution is 7.15. The molecule has 0 aliphatic heterocycles. The van der Waals surface area contributed by atoms with Crippen molar-refractivity contribution in [2.45, 2.75) is 20.3 Å². The summed E-state index contributed by atoms with van der Waals surface area (Å²) in [6.45, 7) is 4.73. The number of nitrogens with zero attached hydrogens (tertiary/aromatic N) is 5. The molecule has 0 bridgehead atoms. The summed E-state index contributed by atoms with van der Waals surface area (Å²) in [5.74, 6) is 2.11. The minimum atomic E-state index is -0.217. The Kier molecular flexibility index (Phi) is 6.88. The summed E-state index contributed by atoms with van der Waals surface area (Å²) < 4.78 is 14.8. The van der Waals surface area contributed by atoms with E-state index < -0.39 is 0 Å². The first kappa shape index (κ1) is 25.5. The Bertz CT molecular complexity index is 1910. The van der Waals surface area contributed by atoms with Crippen molar-refractivity contribution in [3.8, 4) is 39.8 Å². The SMILES string of the molecule is CCCOc1ccc(-c2nc3sc(=Cc4cn(-c5ccccc5)nc4-c4ccc(OC)c(C)c4)c(=O)n3n2)cc1. The quantitative estimate of drug-likeness (QED) is 0.255. The number of rotatable bonds is 8. The molecule has 0 fully saturated rings. The third-order valence-corrected chi connectivity index (χ3v) is 7.44. The smallest absolute Gasteiger partial charge is 0.291 e. The highest BCUT2D eigenvalue weighted by Crippen LogP contribution is 2.29. The van der Waals surface area contributed by atoms with Crippen molar-refractivity contribution in [1.82, 2.24) is 24.4 Å². The topological polar surface area (TPSA) is 83.5 Å². The number of hydrogen-bond acceptors (Lipinski definition) is 7. The third-order valence-electron chi connectivity index (χ3n) is 6.49. The van der Waals surface area contributed by atoms with E-state index in [1.54, 1.807) is 7.11 Å². The zero-order chi connectivity index (χ0) is 27.6. The lowest BCUT2D eigenvalue weighted by Crippen LogP contribution is -2.23. The van der Waals surface area contributed by atoms with Crippen molar-refractivity contribution >= 4 is 22.4 Å². The maximum Gasteiger partial charge on any atom is 0.291 e. The second kappa shape index (κ2) is 10.8. The first-order valence-electron chi connectivity index (χ1n) is 13.0. The Labute approximate surface area is 234 Å². The normalized spacial score (nSPS) is 11.8. The van der Waals surface area contributed by atoms with Crippen molar-refractivity contribution in [1.29, 1.82) is 0 Å². The molecule has 0 unspecified atom stereocenters. The highest BCUT2D eigenvalue weighted by Gasteiger charge is 2.16. The van der Waals surface area contributed by atoms with Crippen LogP contribution < -0.4 is 19.6 Å². The van der Waals surface area contributed by atoms with E-state index in [0.717, 1.165) is 51.6 Å². The van der Waals surface area contributed by atoms with Crippen LogP contribution in [0.3, 0.4) is 0 Å². The number of aryl methyl sites for hydroxylation is 1. The third kappa shape index (κ3) is 4.87. The van der Waals surface area contributed by atoms with Gasteiger partial charge >= 0.3 is 0 Å². The molecular weight excluding hydrogens is 522 g/mol. The molecular formula is C31H27N5O3S. The predicted molar refractivity (Wildman–Crippen MR) is 157 cm³/mol. The number of ether oxygens (including phenoxy) is 2. The zero-order valence-electron chi connectivity index (χ0n) is 22.4. The number of para-hydroxylation sites is 1. The maximum atomic E-state index is 13.4. The molecule has 9 heteroatoms. The summed E-state index contributed by atoms with van der Waals surface area (Å²) >= 11 is 1.31. The van der Waals surface area contributed by atoms with Gasteiger partial charge in [0.2, 0.25) is 4.96 Å². The molecule has 0 spiro atoms. The molecule has 0 atom stereocenters. The summed E-state index contributed by atoms with van der Waals surface area (Å²) in [6, 6.07) is 23.4. The monoisotopic (exact) mass is 549 g/mol.